The van der Waals surface area contributed by atoms with E-state index in [9.17, 15) is 4.79 Å². The van der Waals surface area contributed by atoms with Gasteiger partial charge in [0, 0.05) is 23.5 Å². The van der Waals surface area contributed by atoms with Crippen LogP contribution in [0.3, 0.4) is 0 Å². The molecule has 1 heterocycles. The molecule has 2 fully saturated rings. The van der Waals surface area contributed by atoms with Gasteiger partial charge in [-0.15, -0.1) is 0 Å². The Morgan fingerprint density at radius 1 is 1.37 bits per heavy atom. The van der Waals surface area contributed by atoms with Crippen LogP contribution in [0, 0.1) is 16.7 Å². The van der Waals surface area contributed by atoms with Gasteiger partial charge in [0.2, 0.25) is 0 Å². The second-order valence-electron chi connectivity index (χ2n) is 8.31. The molecule has 1 amide bonds. The van der Waals surface area contributed by atoms with Crippen molar-refractivity contribution >= 4 is 11.6 Å². The van der Waals surface area contributed by atoms with Crippen molar-refractivity contribution in [3.05, 3.63) is 43.0 Å². The average Bonchev–Trinajstić information content (AvgIpc) is 3.31. The highest BCUT2D eigenvalue weighted by Gasteiger charge is 2.60. The van der Waals surface area contributed by atoms with Crippen molar-refractivity contribution < 1.29 is 9.53 Å². The van der Waals surface area contributed by atoms with Crippen LogP contribution >= 0.6 is 0 Å². The predicted molar refractivity (Wildman–Crippen MR) is 104 cm³/mol. The van der Waals surface area contributed by atoms with Crippen LogP contribution in [0.15, 0.2) is 48.1 Å². The first kappa shape index (κ1) is 17.8. The third-order valence-electron chi connectivity index (χ3n) is 6.83. The number of nitrogens with zero attached hydrogens (tertiary/aromatic N) is 3. The molecule has 6 heteroatoms. The van der Waals surface area contributed by atoms with E-state index in [2.05, 4.69) is 36.3 Å². The number of carbonyl (C=O) groups is 1. The van der Waals surface area contributed by atoms with Gasteiger partial charge >= 0.3 is 0 Å². The van der Waals surface area contributed by atoms with E-state index in [1.807, 2.05) is 35.0 Å². The molecule has 2 saturated carbocycles. The summed E-state index contributed by atoms with van der Waals surface area (Å²) in [6.45, 7) is 6.85. The van der Waals surface area contributed by atoms with E-state index >= 15 is 0 Å². The quantitative estimate of drug-likeness (QED) is 0.823. The lowest BCUT2D eigenvalue weighted by Gasteiger charge is -2.34. The number of para-hydroxylation sites is 2. The number of nitrogens with one attached hydrogen (secondary N) is 1. The Kier molecular flexibility index (Phi) is 4.29. The minimum atomic E-state index is -0.243. The van der Waals surface area contributed by atoms with Crippen molar-refractivity contribution in [1.29, 1.82) is 0 Å². The number of carbonyl (C=O) groups excluding carboxylic acids is 1. The molecule has 1 N–H and O–H groups in total. The van der Waals surface area contributed by atoms with E-state index in [1.165, 1.54) is 6.42 Å². The van der Waals surface area contributed by atoms with E-state index in [-0.39, 0.29) is 23.3 Å². The van der Waals surface area contributed by atoms with Crippen LogP contribution < -0.4 is 10.2 Å². The summed E-state index contributed by atoms with van der Waals surface area (Å²) in [5.74, 6) is 1.05. The third-order valence-corrected chi connectivity index (χ3v) is 6.83. The second kappa shape index (κ2) is 6.51. The first-order valence-electron chi connectivity index (χ1n) is 9.48. The number of ether oxygens (including phenoxy) is 1. The summed E-state index contributed by atoms with van der Waals surface area (Å²) < 4.78 is 7.59. The van der Waals surface area contributed by atoms with Crippen LogP contribution in [0.4, 0.5) is 0 Å². The third kappa shape index (κ3) is 2.93. The summed E-state index contributed by atoms with van der Waals surface area (Å²) in [5, 5.41) is 4.48. The lowest BCUT2D eigenvalue weighted by molar-refractivity contribution is -0.123. The topological polar surface area (TPSA) is 68.5 Å². The molecule has 27 heavy (non-hydrogen) atoms. The van der Waals surface area contributed by atoms with Crippen molar-refractivity contribution in [1.82, 2.24) is 15.0 Å². The highest BCUT2D eigenvalue weighted by atomic mass is 16.5. The van der Waals surface area contributed by atoms with Crippen LogP contribution in [0.2, 0.25) is 0 Å². The van der Waals surface area contributed by atoms with Gasteiger partial charge < -0.3 is 9.30 Å². The Labute approximate surface area is 159 Å². The van der Waals surface area contributed by atoms with Gasteiger partial charge in [0.05, 0.1) is 12.0 Å². The molecule has 2 aliphatic rings. The zero-order valence-electron chi connectivity index (χ0n) is 16.1. The van der Waals surface area contributed by atoms with E-state index in [0.29, 0.717) is 11.7 Å². The van der Waals surface area contributed by atoms with E-state index < -0.39 is 0 Å². The predicted octanol–water partition coefficient (Wildman–Crippen LogP) is 3.57. The summed E-state index contributed by atoms with van der Waals surface area (Å²) >= 11 is 0. The number of amides is 1. The number of benzene rings is 1. The number of rotatable bonds is 5. The zero-order valence-corrected chi connectivity index (χ0v) is 16.1. The molecule has 0 aliphatic heterocycles. The van der Waals surface area contributed by atoms with Crippen molar-refractivity contribution in [3.63, 3.8) is 0 Å². The van der Waals surface area contributed by atoms with Crippen LogP contribution in [0.5, 0.6) is 5.75 Å². The standard InChI is InChI=1S/C21H26N4O2/c1-20(2)15-8-9-21(20,3)18(12-15)23-24-19(26)13-27-17-7-5-4-6-16(17)25-11-10-22-14-25/h4-7,10-11,14-15H,8-9,12-13H2,1-3H3,(H,24,26)/b23-18-. The van der Waals surface area contributed by atoms with Crippen LogP contribution in [0.25, 0.3) is 5.69 Å². The van der Waals surface area contributed by atoms with E-state index in [1.54, 1.807) is 12.5 Å². The molecule has 1 aromatic carbocycles. The molecular weight excluding hydrogens is 340 g/mol. The molecule has 0 radical (unpaired) electrons. The fourth-order valence-corrected chi connectivity index (χ4v) is 4.60. The Bertz CT molecular complexity index is 872. The molecule has 0 spiro atoms. The highest BCUT2D eigenvalue weighted by molar-refractivity contribution is 5.95. The molecule has 142 valence electrons. The van der Waals surface area contributed by atoms with Crippen molar-refractivity contribution in [2.24, 2.45) is 21.8 Å². The van der Waals surface area contributed by atoms with Crippen LogP contribution in [-0.2, 0) is 4.79 Å². The largest absolute Gasteiger partial charge is 0.482 e. The van der Waals surface area contributed by atoms with E-state index in [4.69, 9.17) is 4.74 Å². The fraction of sp³-hybridized carbons (Fsp3) is 0.476. The zero-order chi connectivity index (χ0) is 19.1. The summed E-state index contributed by atoms with van der Waals surface area (Å²) in [5.41, 5.74) is 5.00. The first-order valence-corrected chi connectivity index (χ1v) is 9.48. The number of imidazole rings is 1. The Morgan fingerprint density at radius 2 is 2.19 bits per heavy atom. The Morgan fingerprint density at radius 3 is 2.85 bits per heavy atom. The summed E-state index contributed by atoms with van der Waals surface area (Å²) in [7, 11) is 0. The summed E-state index contributed by atoms with van der Waals surface area (Å²) in [6.07, 6.45) is 8.63. The van der Waals surface area contributed by atoms with Crippen LogP contribution in [0.1, 0.15) is 40.0 Å². The average molecular weight is 366 g/mol. The van der Waals surface area contributed by atoms with E-state index in [0.717, 1.165) is 24.2 Å². The number of aromatic nitrogens is 2. The fourth-order valence-electron chi connectivity index (χ4n) is 4.60. The molecule has 0 saturated heterocycles. The number of fused-ring (bicyclic) bond motifs is 2. The van der Waals surface area contributed by atoms with Gasteiger partial charge in [-0.1, -0.05) is 32.9 Å². The molecule has 2 aliphatic carbocycles. The monoisotopic (exact) mass is 366 g/mol. The minimum Gasteiger partial charge on any atom is -0.482 e. The van der Waals surface area contributed by atoms with Gasteiger partial charge in [0.25, 0.3) is 5.91 Å². The van der Waals surface area contributed by atoms with Gasteiger partial charge in [0.15, 0.2) is 6.61 Å². The maximum Gasteiger partial charge on any atom is 0.277 e. The van der Waals surface area contributed by atoms with Crippen molar-refractivity contribution in [2.45, 2.75) is 40.0 Å². The molecule has 4 rings (SSSR count). The molecule has 1 aromatic heterocycles. The van der Waals surface area contributed by atoms with Crippen molar-refractivity contribution in [2.75, 3.05) is 6.61 Å². The summed E-state index contributed by atoms with van der Waals surface area (Å²) in [4.78, 5) is 16.3. The lowest BCUT2D eigenvalue weighted by Crippen LogP contribution is -2.35. The van der Waals surface area contributed by atoms with Crippen molar-refractivity contribution in [3.8, 4) is 11.4 Å². The van der Waals surface area contributed by atoms with Gasteiger partial charge in [-0.05, 0) is 42.7 Å². The van der Waals surface area contributed by atoms with Gasteiger partial charge in [-0.3, -0.25) is 4.79 Å². The first-order chi connectivity index (χ1) is 12.9. The normalized spacial score (nSPS) is 27.1. The highest BCUT2D eigenvalue weighted by Crippen LogP contribution is 2.63. The maximum atomic E-state index is 12.3. The lowest BCUT2D eigenvalue weighted by atomic mass is 9.70. The molecular formula is C21H26N4O2. The Balaban J connectivity index is 1.39. The second-order valence-corrected chi connectivity index (χ2v) is 8.31. The molecule has 2 unspecified atom stereocenters. The smallest absolute Gasteiger partial charge is 0.277 e. The van der Waals surface area contributed by atoms with Gasteiger partial charge in [-0.25, -0.2) is 10.4 Å². The number of hydrogen-bond acceptors (Lipinski definition) is 4. The number of hydrazone groups is 1. The minimum absolute atomic E-state index is 0.0774. The molecule has 6 nitrogen and oxygen atoms in total. The summed E-state index contributed by atoms with van der Waals surface area (Å²) in [6, 6.07) is 7.57. The maximum absolute atomic E-state index is 12.3. The van der Waals surface area contributed by atoms with Crippen LogP contribution in [-0.4, -0.2) is 27.8 Å². The SMILES string of the molecule is CC12CCC(C/C1=N/NC(=O)COc1ccccc1-n1ccnc1)C2(C)C. The van der Waals surface area contributed by atoms with Gasteiger partial charge in [0.1, 0.15) is 5.75 Å². The number of hydrogen-bond donors (Lipinski definition) is 1. The molecule has 2 atom stereocenters. The Hall–Kier alpha value is -2.63. The molecule has 2 aromatic rings. The van der Waals surface area contributed by atoms with Gasteiger partial charge in [-0.2, -0.15) is 5.10 Å². The molecule has 2 bridgehead atoms.